The molecule has 6 fully saturated rings. The van der Waals surface area contributed by atoms with Crippen LogP contribution in [0.5, 0.6) is 0 Å². The Kier molecular flexibility index (Phi) is 5.12. The molecule has 6 aliphatic rings. The highest BCUT2D eigenvalue weighted by Crippen LogP contribution is 2.60. The third-order valence-corrected chi connectivity index (χ3v) is 8.66. The first-order chi connectivity index (χ1) is 15.6. The Morgan fingerprint density at radius 2 is 1.69 bits per heavy atom. The summed E-state index contributed by atoms with van der Waals surface area (Å²) in [6.07, 6.45) is 10.5. The molecule has 4 aliphatic carbocycles. The summed E-state index contributed by atoms with van der Waals surface area (Å²) in [6.45, 7) is 3.82. The van der Waals surface area contributed by atoms with Gasteiger partial charge in [-0.25, -0.2) is 4.98 Å². The van der Waals surface area contributed by atoms with Crippen LogP contribution < -0.4 is 10.2 Å². The molecule has 1 aromatic heterocycles. The highest BCUT2D eigenvalue weighted by molar-refractivity contribution is 5.98. The fraction of sp³-hybridized carbons (Fsp3) is 0.720. The van der Waals surface area contributed by atoms with Gasteiger partial charge in [-0.05, 0) is 81.3 Å². The predicted octanol–water partition coefficient (Wildman–Crippen LogP) is 3.06. The topological polar surface area (TPSA) is 74.8 Å². The van der Waals surface area contributed by atoms with Gasteiger partial charge in [-0.3, -0.25) is 9.59 Å². The lowest BCUT2D eigenvalue weighted by Gasteiger charge is -2.56. The van der Waals surface area contributed by atoms with Gasteiger partial charge in [0.1, 0.15) is 11.9 Å². The summed E-state index contributed by atoms with van der Waals surface area (Å²) in [5.74, 6) is 3.31. The third-order valence-electron chi connectivity index (χ3n) is 8.66. The standard InChI is InChI=1S/C25H34N4O3/c30-23(27-20-3-4-22(26-16-20)28-6-8-32-9-7-28)21-2-1-5-29(21)24(31)25-13-17-10-18(14-25)12-19(11-17)15-25/h3-4,16-19,21H,1-2,5-15H2,(H,27,30). The summed E-state index contributed by atoms with van der Waals surface area (Å²) in [7, 11) is 0. The second kappa shape index (κ2) is 8.01. The van der Waals surface area contributed by atoms with Crippen LogP contribution in [-0.2, 0) is 14.3 Å². The van der Waals surface area contributed by atoms with Crippen LogP contribution in [0.15, 0.2) is 18.3 Å². The first kappa shape index (κ1) is 20.5. The van der Waals surface area contributed by atoms with Crippen LogP contribution in [0.3, 0.4) is 0 Å². The van der Waals surface area contributed by atoms with Gasteiger partial charge < -0.3 is 19.9 Å². The molecule has 2 amide bonds. The van der Waals surface area contributed by atoms with Crippen LogP contribution in [0, 0.1) is 23.2 Å². The molecule has 1 unspecified atom stereocenters. The summed E-state index contributed by atoms with van der Waals surface area (Å²) in [5.41, 5.74) is 0.514. The average molecular weight is 439 g/mol. The number of carbonyl (C=O) groups is 2. The number of hydrogen-bond acceptors (Lipinski definition) is 5. The molecule has 2 aliphatic heterocycles. The number of anilines is 2. The van der Waals surface area contributed by atoms with E-state index in [0.717, 1.165) is 82.0 Å². The molecule has 3 heterocycles. The molecule has 1 N–H and O–H groups in total. The minimum atomic E-state index is -0.352. The van der Waals surface area contributed by atoms with Gasteiger partial charge in [-0.2, -0.15) is 0 Å². The number of nitrogens with zero attached hydrogens (tertiary/aromatic N) is 3. The molecular formula is C25H34N4O3. The number of carbonyl (C=O) groups excluding carboxylic acids is 2. The third kappa shape index (κ3) is 3.58. The van der Waals surface area contributed by atoms with Crippen molar-refractivity contribution in [2.24, 2.45) is 23.2 Å². The van der Waals surface area contributed by atoms with Crippen molar-refractivity contribution in [1.29, 1.82) is 0 Å². The summed E-state index contributed by atoms with van der Waals surface area (Å²) in [5, 5.41) is 3.03. The van der Waals surface area contributed by atoms with Crippen LogP contribution in [-0.4, -0.2) is 60.6 Å². The first-order valence-corrected chi connectivity index (χ1v) is 12.5. The largest absolute Gasteiger partial charge is 0.378 e. The number of nitrogens with one attached hydrogen (secondary N) is 1. The number of amides is 2. The molecule has 1 atom stereocenters. The van der Waals surface area contributed by atoms with Gasteiger partial charge in [0.15, 0.2) is 0 Å². The van der Waals surface area contributed by atoms with Crippen molar-refractivity contribution in [2.45, 2.75) is 57.4 Å². The number of pyridine rings is 1. The molecule has 7 nitrogen and oxygen atoms in total. The van der Waals surface area contributed by atoms with E-state index >= 15 is 0 Å². The van der Waals surface area contributed by atoms with E-state index in [9.17, 15) is 9.59 Å². The monoisotopic (exact) mass is 438 g/mol. The number of morpholine rings is 1. The Bertz CT molecular complexity index is 844. The van der Waals surface area contributed by atoms with Crippen molar-refractivity contribution >= 4 is 23.3 Å². The lowest BCUT2D eigenvalue weighted by molar-refractivity contribution is -0.160. The molecule has 32 heavy (non-hydrogen) atoms. The number of ether oxygens (including phenoxy) is 1. The predicted molar refractivity (Wildman–Crippen MR) is 121 cm³/mol. The Morgan fingerprint density at radius 1 is 1.00 bits per heavy atom. The zero-order valence-corrected chi connectivity index (χ0v) is 18.8. The lowest BCUT2D eigenvalue weighted by atomic mass is 9.49. The lowest BCUT2D eigenvalue weighted by Crippen LogP contribution is -2.56. The second-order valence-electron chi connectivity index (χ2n) is 10.8. The Labute approximate surface area is 189 Å². The van der Waals surface area contributed by atoms with E-state index in [1.54, 1.807) is 6.20 Å². The molecule has 7 rings (SSSR count). The van der Waals surface area contributed by atoms with Crippen LogP contribution in [0.25, 0.3) is 0 Å². The van der Waals surface area contributed by atoms with E-state index < -0.39 is 0 Å². The molecule has 2 saturated heterocycles. The second-order valence-corrected chi connectivity index (χ2v) is 10.8. The Balaban J connectivity index is 1.13. The van der Waals surface area contributed by atoms with E-state index in [-0.39, 0.29) is 23.3 Å². The van der Waals surface area contributed by atoms with Gasteiger partial charge in [0.25, 0.3) is 0 Å². The van der Waals surface area contributed by atoms with Crippen molar-refractivity contribution in [3.8, 4) is 0 Å². The fourth-order valence-corrected chi connectivity index (χ4v) is 7.62. The van der Waals surface area contributed by atoms with Gasteiger partial charge in [0.05, 0.1) is 30.5 Å². The number of aromatic nitrogens is 1. The van der Waals surface area contributed by atoms with Crippen molar-refractivity contribution in [1.82, 2.24) is 9.88 Å². The van der Waals surface area contributed by atoms with E-state index in [4.69, 9.17) is 4.74 Å². The zero-order valence-electron chi connectivity index (χ0n) is 18.8. The van der Waals surface area contributed by atoms with Gasteiger partial charge in [-0.1, -0.05) is 0 Å². The minimum Gasteiger partial charge on any atom is -0.378 e. The van der Waals surface area contributed by atoms with Crippen molar-refractivity contribution in [3.63, 3.8) is 0 Å². The molecule has 0 radical (unpaired) electrons. The Hall–Kier alpha value is -2.15. The summed E-state index contributed by atoms with van der Waals surface area (Å²) in [4.78, 5) is 35.6. The molecule has 1 aromatic rings. The summed E-state index contributed by atoms with van der Waals surface area (Å²) < 4.78 is 5.40. The SMILES string of the molecule is O=C(Nc1ccc(N2CCOCC2)nc1)C1CCCN1C(=O)C12CC3CC(CC(C3)C1)C2. The maximum Gasteiger partial charge on any atom is 0.247 e. The van der Waals surface area contributed by atoms with Gasteiger partial charge in [-0.15, -0.1) is 0 Å². The fourth-order valence-electron chi connectivity index (χ4n) is 7.62. The molecular weight excluding hydrogens is 404 g/mol. The normalized spacial score (nSPS) is 35.9. The van der Waals surface area contributed by atoms with E-state index in [1.165, 1.54) is 19.3 Å². The molecule has 4 saturated carbocycles. The van der Waals surface area contributed by atoms with Crippen LogP contribution in [0.4, 0.5) is 11.5 Å². The molecule has 0 aromatic carbocycles. The molecule has 7 heteroatoms. The molecule has 0 spiro atoms. The molecule has 172 valence electrons. The van der Waals surface area contributed by atoms with E-state index in [2.05, 4.69) is 15.2 Å². The zero-order chi connectivity index (χ0) is 21.7. The summed E-state index contributed by atoms with van der Waals surface area (Å²) >= 11 is 0. The van der Waals surface area contributed by atoms with E-state index in [1.807, 2.05) is 17.0 Å². The summed E-state index contributed by atoms with van der Waals surface area (Å²) in [6, 6.07) is 3.51. The van der Waals surface area contributed by atoms with Gasteiger partial charge in [0, 0.05) is 19.6 Å². The van der Waals surface area contributed by atoms with Crippen LogP contribution in [0.1, 0.15) is 51.4 Å². The first-order valence-electron chi connectivity index (χ1n) is 12.5. The van der Waals surface area contributed by atoms with Gasteiger partial charge in [0.2, 0.25) is 11.8 Å². The maximum atomic E-state index is 13.8. The molecule has 4 bridgehead atoms. The highest BCUT2D eigenvalue weighted by Gasteiger charge is 2.56. The van der Waals surface area contributed by atoms with Crippen LogP contribution >= 0.6 is 0 Å². The number of rotatable bonds is 4. The number of hydrogen-bond donors (Lipinski definition) is 1. The highest BCUT2D eigenvalue weighted by atomic mass is 16.5. The van der Waals surface area contributed by atoms with Gasteiger partial charge >= 0.3 is 0 Å². The number of likely N-dealkylation sites (tertiary alicyclic amines) is 1. The van der Waals surface area contributed by atoms with Crippen molar-refractivity contribution in [3.05, 3.63) is 18.3 Å². The van der Waals surface area contributed by atoms with Crippen LogP contribution in [0.2, 0.25) is 0 Å². The quantitative estimate of drug-likeness (QED) is 0.782. The van der Waals surface area contributed by atoms with Crippen molar-refractivity contribution < 1.29 is 14.3 Å². The average Bonchev–Trinajstić information content (AvgIpc) is 3.29. The van der Waals surface area contributed by atoms with E-state index in [0.29, 0.717) is 12.2 Å². The Morgan fingerprint density at radius 3 is 2.31 bits per heavy atom. The minimum absolute atomic E-state index is 0.0681. The van der Waals surface area contributed by atoms with Crippen molar-refractivity contribution in [2.75, 3.05) is 43.1 Å². The maximum absolute atomic E-state index is 13.8. The smallest absolute Gasteiger partial charge is 0.247 e.